The van der Waals surface area contributed by atoms with Crippen LogP contribution < -0.4 is 4.90 Å². The summed E-state index contributed by atoms with van der Waals surface area (Å²) in [5.41, 5.74) is 2.44. The standard InChI is InChI=1S/C15H22N4/c1-6-11(2)12-7-9-13(10-8-12)14-16-15(18(3)4)19(5)17-14/h7-11H,6H2,1-5H3/t11-/m1/s1. The first-order valence-corrected chi connectivity index (χ1v) is 6.71. The van der Waals surface area contributed by atoms with Crippen LogP contribution in [0.1, 0.15) is 31.7 Å². The summed E-state index contributed by atoms with van der Waals surface area (Å²) in [4.78, 5) is 6.51. The molecule has 0 unspecified atom stereocenters. The molecule has 0 aliphatic carbocycles. The summed E-state index contributed by atoms with van der Waals surface area (Å²) >= 11 is 0. The maximum Gasteiger partial charge on any atom is 0.223 e. The van der Waals surface area contributed by atoms with E-state index in [1.165, 1.54) is 5.56 Å². The molecule has 1 heterocycles. The van der Waals surface area contributed by atoms with Crippen molar-refractivity contribution in [1.82, 2.24) is 14.8 Å². The Labute approximate surface area is 115 Å². The van der Waals surface area contributed by atoms with E-state index in [1.807, 2.05) is 26.0 Å². The fraction of sp³-hybridized carbons (Fsp3) is 0.467. The molecule has 2 rings (SSSR count). The van der Waals surface area contributed by atoms with Crippen LogP contribution in [0.15, 0.2) is 24.3 Å². The van der Waals surface area contributed by atoms with Crippen LogP contribution in [0.25, 0.3) is 11.4 Å². The van der Waals surface area contributed by atoms with Crippen molar-refractivity contribution in [3.63, 3.8) is 0 Å². The molecule has 1 aromatic carbocycles. The van der Waals surface area contributed by atoms with Crippen LogP contribution in [0.5, 0.6) is 0 Å². The quantitative estimate of drug-likeness (QED) is 0.845. The first-order chi connectivity index (χ1) is 9.02. The van der Waals surface area contributed by atoms with Crippen LogP contribution in [0.3, 0.4) is 0 Å². The number of aryl methyl sites for hydroxylation is 1. The molecule has 102 valence electrons. The predicted molar refractivity (Wildman–Crippen MR) is 79.5 cm³/mol. The number of anilines is 1. The monoisotopic (exact) mass is 258 g/mol. The second kappa shape index (κ2) is 5.43. The molecule has 0 N–H and O–H groups in total. The first kappa shape index (κ1) is 13.6. The van der Waals surface area contributed by atoms with Crippen molar-refractivity contribution >= 4 is 5.95 Å². The molecule has 0 aliphatic rings. The second-order valence-electron chi connectivity index (χ2n) is 5.18. The van der Waals surface area contributed by atoms with Crippen molar-refractivity contribution in [2.24, 2.45) is 7.05 Å². The van der Waals surface area contributed by atoms with E-state index >= 15 is 0 Å². The van der Waals surface area contributed by atoms with Gasteiger partial charge in [0.2, 0.25) is 5.95 Å². The minimum Gasteiger partial charge on any atom is -0.347 e. The van der Waals surface area contributed by atoms with Crippen molar-refractivity contribution in [1.29, 1.82) is 0 Å². The summed E-state index contributed by atoms with van der Waals surface area (Å²) in [5.74, 6) is 2.24. The Morgan fingerprint density at radius 1 is 1.21 bits per heavy atom. The summed E-state index contributed by atoms with van der Waals surface area (Å²) in [6.45, 7) is 4.46. The lowest BCUT2D eigenvalue weighted by Crippen LogP contribution is -2.14. The van der Waals surface area contributed by atoms with Gasteiger partial charge in [0, 0.05) is 26.7 Å². The van der Waals surface area contributed by atoms with Gasteiger partial charge in [-0.1, -0.05) is 38.1 Å². The molecule has 1 atom stereocenters. The number of nitrogens with zero attached hydrogens (tertiary/aromatic N) is 4. The van der Waals surface area contributed by atoms with Gasteiger partial charge in [-0.2, -0.15) is 4.98 Å². The highest BCUT2D eigenvalue weighted by molar-refractivity contribution is 5.57. The van der Waals surface area contributed by atoms with E-state index in [0.29, 0.717) is 5.92 Å². The van der Waals surface area contributed by atoms with E-state index < -0.39 is 0 Å². The van der Waals surface area contributed by atoms with Gasteiger partial charge in [0.1, 0.15) is 0 Å². The highest BCUT2D eigenvalue weighted by Gasteiger charge is 2.11. The summed E-state index contributed by atoms with van der Waals surface area (Å²) in [6.07, 6.45) is 1.16. The molecule has 0 saturated heterocycles. The van der Waals surface area contributed by atoms with Crippen molar-refractivity contribution in [3.05, 3.63) is 29.8 Å². The molecule has 0 aliphatic heterocycles. The van der Waals surface area contributed by atoms with Crippen molar-refractivity contribution < 1.29 is 0 Å². The maximum atomic E-state index is 4.55. The van der Waals surface area contributed by atoms with E-state index in [0.717, 1.165) is 23.8 Å². The van der Waals surface area contributed by atoms with Crippen LogP contribution in [0.2, 0.25) is 0 Å². The van der Waals surface area contributed by atoms with Crippen LogP contribution in [0, 0.1) is 0 Å². The van der Waals surface area contributed by atoms with Crippen LogP contribution in [-0.4, -0.2) is 28.9 Å². The summed E-state index contributed by atoms with van der Waals surface area (Å²) in [6, 6.07) is 8.57. The largest absolute Gasteiger partial charge is 0.347 e. The molecule has 0 amide bonds. The lowest BCUT2D eigenvalue weighted by Gasteiger charge is -2.09. The summed E-state index contributed by atoms with van der Waals surface area (Å²) < 4.78 is 1.80. The molecule has 4 nitrogen and oxygen atoms in total. The zero-order chi connectivity index (χ0) is 14.0. The van der Waals surface area contributed by atoms with Gasteiger partial charge in [0.25, 0.3) is 0 Å². The average Bonchev–Trinajstić information content (AvgIpc) is 2.80. The van der Waals surface area contributed by atoms with Crippen molar-refractivity contribution in [2.75, 3.05) is 19.0 Å². The van der Waals surface area contributed by atoms with Crippen LogP contribution in [0.4, 0.5) is 5.95 Å². The van der Waals surface area contributed by atoms with Gasteiger partial charge in [0.05, 0.1) is 0 Å². The average molecular weight is 258 g/mol. The van der Waals surface area contributed by atoms with Crippen LogP contribution in [-0.2, 0) is 7.05 Å². The zero-order valence-electron chi connectivity index (χ0n) is 12.4. The van der Waals surface area contributed by atoms with E-state index in [-0.39, 0.29) is 0 Å². The second-order valence-corrected chi connectivity index (χ2v) is 5.18. The molecular formula is C15H22N4. The Morgan fingerprint density at radius 2 is 1.84 bits per heavy atom. The Morgan fingerprint density at radius 3 is 2.32 bits per heavy atom. The number of aromatic nitrogens is 3. The summed E-state index contributed by atoms with van der Waals surface area (Å²) in [5, 5.41) is 4.46. The van der Waals surface area contributed by atoms with E-state index in [9.17, 15) is 0 Å². The normalized spacial score (nSPS) is 12.5. The minimum atomic E-state index is 0.600. The third kappa shape index (κ3) is 2.78. The molecule has 1 aromatic heterocycles. The number of hydrogen-bond acceptors (Lipinski definition) is 3. The molecule has 2 aromatic rings. The van der Waals surface area contributed by atoms with Crippen LogP contribution >= 0.6 is 0 Å². The van der Waals surface area contributed by atoms with Gasteiger partial charge in [-0.25, -0.2) is 4.68 Å². The Balaban J connectivity index is 2.30. The molecule has 0 saturated carbocycles. The zero-order valence-corrected chi connectivity index (χ0v) is 12.4. The molecule has 0 bridgehead atoms. The Hall–Kier alpha value is -1.84. The van der Waals surface area contributed by atoms with Gasteiger partial charge < -0.3 is 4.90 Å². The topological polar surface area (TPSA) is 34.0 Å². The van der Waals surface area contributed by atoms with E-state index in [4.69, 9.17) is 0 Å². The SMILES string of the molecule is CC[C@@H](C)c1ccc(-c2nc(N(C)C)n(C)n2)cc1. The molecular weight excluding hydrogens is 236 g/mol. The lowest BCUT2D eigenvalue weighted by atomic mass is 9.97. The first-order valence-electron chi connectivity index (χ1n) is 6.71. The minimum absolute atomic E-state index is 0.600. The van der Waals surface area contributed by atoms with Gasteiger partial charge in [-0.15, -0.1) is 5.10 Å². The molecule has 0 radical (unpaired) electrons. The van der Waals surface area contributed by atoms with Gasteiger partial charge in [0.15, 0.2) is 5.82 Å². The third-order valence-corrected chi connectivity index (χ3v) is 3.49. The number of rotatable bonds is 4. The fourth-order valence-electron chi connectivity index (χ4n) is 2.08. The maximum absolute atomic E-state index is 4.55. The number of benzene rings is 1. The molecule has 4 heteroatoms. The lowest BCUT2D eigenvalue weighted by molar-refractivity contribution is 0.733. The van der Waals surface area contributed by atoms with Gasteiger partial charge >= 0.3 is 0 Å². The Bertz CT molecular complexity index is 540. The highest BCUT2D eigenvalue weighted by Crippen LogP contribution is 2.23. The van der Waals surface area contributed by atoms with E-state index in [1.54, 1.807) is 4.68 Å². The molecule has 19 heavy (non-hydrogen) atoms. The molecule has 0 spiro atoms. The van der Waals surface area contributed by atoms with Crippen molar-refractivity contribution in [2.45, 2.75) is 26.2 Å². The summed E-state index contributed by atoms with van der Waals surface area (Å²) in [7, 11) is 5.86. The van der Waals surface area contributed by atoms with E-state index in [2.05, 4.69) is 48.2 Å². The fourth-order valence-corrected chi connectivity index (χ4v) is 2.08. The number of hydrogen-bond donors (Lipinski definition) is 0. The third-order valence-electron chi connectivity index (χ3n) is 3.49. The van der Waals surface area contributed by atoms with Crippen molar-refractivity contribution in [3.8, 4) is 11.4 Å². The molecule has 0 fully saturated rings. The Kier molecular flexibility index (Phi) is 3.88. The highest BCUT2D eigenvalue weighted by atomic mass is 15.4. The van der Waals surface area contributed by atoms with Gasteiger partial charge in [-0.05, 0) is 17.9 Å². The van der Waals surface area contributed by atoms with Gasteiger partial charge in [-0.3, -0.25) is 0 Å². The smallest absolute Gasteiger partial charge is 0.223 e. The predicted octanol–water partition coefficient (Wildman–Crippen LogP) is 3.06.